The van der Waals surface area contributed by atoms with Gasteiger partial charge in [-0.1, -0.05) is 0 Å². The van der Waals surface area contributed by atoms with Crippen LogP contribution in [0.15, 0.2) is 0 Å². The minimum Gasteiger partial charge on any atom is -0.377 e. The molecule has 2 atom stereocenters. The highest BCUT2D eigenvalue weighted by molar-refractivity contribution is 7.84. The molecule has 1 rings (SSSR count). The molecule has 1 heterocycles. The second-order valence-corrected chi connectivity index (χ2v) is 5.38. The SMILES string of the molecule is CS(=O)CCCNCC1CCCCO1. The predicted octanol–water partition coefficient (Wildman–Crippen LogP) is 0.914. The topological polar surface area (TPSA) is 38.3 Å². The van der Waals surface area contributed by atoms with Crippen LogP contribution >= 0.6 is 0 Å². The van der Waals surface area contributed by atoms with Crippen molar-refractivity contribution in [3.05, 3.63) is 0 Å². The van der Waals surface area contributed by atoms with Gasteiger partial charge in [0.2, 0.25) is 0 Å². The summed E-state index contributed by atoms with van der Waals surface area (Å²) in [6.07, 6.45) is 6.86. The van der Waals surface area contributed by atoms with Gasteiger partial charge in [0, 0.05) is 36.0 Å². The lowest BCUT2D eigenvalue weighted by Crippen LogP contribution is -2.32. The average Bonchev–Trinajstić information content (AvgIpc) is 2.18. The third kappa shape index (κ3) is 5.73. The van der Waals surface area contributed by atoms with Crippen LogP contribution in [0.5, 0.6) is 0 Å². The van der Waals surface area contributed by atoms with Gasteiger partial charge < -0.3 is 10.1 Å². The lowest BCUT2D eigenvalue weighted by Gasteiger charge is -2.22. The molecule has 1 aliphatic heterocycles. The molecular formula is C10H21NO2S. The Morgan fingerprint density at radius 3 is 3.00 bits per heavy atom. The molecule has 0 aromatic rings. The zero-order valence-corrected chi connectivity index (χ0v) is 9.78. The summed E-state index contributed by atoms with van der Waals surface area (Å²) in [5, 5.41) is 3.35. The number of nitrogens with one attached hydrogen (secondary N) is 1. The van der Waals surface area contributed by atoms with Gasteiger partial charge >= 0.3 is 0 Å². The van der Waals surface area contributed by atoms with Gasteiger partial charge in [-0.05, 0) is 32.2 Å². The normalized spacial score (nSPS) is 24.8. The van der Waals surface area contributed by atoms with Crippen LogP contribution in [0.25, 0.3) is 0 Å². The van der Waals surface area contributed by atoms with E-state index < -0.39 is 10.8 Å². The van der Waals surface area contributed by atoms with E-state index in [0.29, 0.717) is 6.10 Å². The summed E-state index contributed by atoms with van der Waals surface area (Å²) in [6, 6.07) is 0. The van der Waals surface area contributed by atoms with Crippen molar-refractivity contribution in [2.45, 2.75) is 31.8 Å². The van der Waals surface area contributed by atoms with Gasteiger partial charge in [0.05, 0.1) is 6.10 Å². The molecule has 14 heavy (non-hydrogen) atoms. The van der Waals surface area contributed by atoms with E-state index in [0.717, 1.165) is 31.9 Å². The zero-order valence-electron chi connectivity index (χ0n) is 8.96. The van der Waals surface area contributed by atoms with Crippen LogP contribution in [-0.2, 0) is 15.5 Å². The Labute approximate surface area is 89.1 Å². The van der Waals surface area contributed by atoms with Crippen molar-refractivity contribution in [1.29, 1.82) is 0 Å². The van der Waals surface area contributed by atoms with Gasteiger partial charge in [0.15, 0.2) is 0 Å². The molecule has 0 aromatic carbocycles. The molecule has 0 spiro atoms. The molecule has 4 heteroatoms. The maximum Gasteiger partial charge on any atom is 0.0699 e. The second-order valence-electron chi connectivity index (χ2n) is 3.82. The lowest BCUT2D eigenvalue weighted by molar-refractivity contribution is 0.0171. The minimum atomic E-state index is -0.645. The number of hydrogen-bond acceptors (Lipinski definition) is 3. The van der Waals surface area contributed by atoms with E-state index in [4.69, 9.17) is 4.74 Å². The molecule has 1 N–H and O–H groups in total. The van der Waals surface area contributed by atoms with E-state index in [1.54, 1.807) is 6.26 Å². The van der Waals surface area contributed by atoms with E-state index in [-0.39, 0.29) is 0 Å². The molecule has 84 valence electrons. The Kier molecular flexibility index (Phi) is 6.39. The largest absolute Gasteiger partial charge is 0.377 e. The number of hydrogen-bond donors (Lipinski definition) is 1. The van der Waals surface area contributed by atoms with Crippen LogP contribution < -0.4 is 5.32 Å². The zero-order chi connectivity index (χ0) is 10.2. The Morgan fingerprint density at radius 1 is 1.50 bits per heavy atom. The molecule has 1 saturated heterocycles. The molecule has 1 fully saturated rings. The Hall–Kier alpha value is 0.0700. The molecule has 0 amide bonds. The van der Waals surface area contributed by atoms with Gasteiger partial charge in [-0.2, -0.15) is 0 Å². The van der Waals surface area contributed by atoms with Gasteiger partial charge in [-0.25, -0.2) is 0 Å². The molecule has 0 aliphatic carbocycles. The lowest BCUT2D eigenvalue weighted by atomic mass is 10.1. The Bertz CT molecular complexity index is 170. The standard InChI is InChI=1S/C10H21NO2S/c1-14(12)8-4-6-11-9-10-5-2-3-7-13-10/h10-11H,2-9H2,1H3. The van der Waals surface area contributed by atoms with Crippen LogP contribution in [0.3, 0.4) is 0 Å². The summed E-state index contributed by atoms with van der Waals surface area (Å²) >= 11 is 0. The van der Waals surface area contributed by atoms with Crippen molar-refractivity contribution in [1.82, 2.24) is 5.32 Å². The summed E-state index contributed by atoms with van der Waals surface area (Å²) in [7, 11) is -0.645. The van der Waals surface area contributed by atoms with Crippen LogP contribution in [0.4, 0.5) is 0 Å². The molecule has 0 aromatic heterocycles. The Balaban J connectivity index is 1.90. The monoisotopic (exact) mass is 219 g/mol. The van der Waals surface area contributed by atoms with Crippen LogP contribution in [0.1, 0.15) is 25.7 Å². The van der Waals surface area contributed by atoms with Crippen LogP contribution in [0, 0.1) is 0 Å². The molecule has 3 nitrogen and oxygen atoms in total. The van der Waals surface area contributed by atoms with Crippen molar-refractivity contribution < 1.29 is 8.95 Å². The summed E-state index contributed by atoms with van der Waals surface area (Å²) in [5.74, 6) is 0.804. The fraction of sp³-hybridized carbons (Fsp3) is 1.00. The van der Waals surface area contributed by atoms with Gasteiger partial charge in [-0.15, -0.1) is 0 Å². The van der Waals surface area contributed by atoms with Gasteiger partial charge in [-0.3, -0.25) is 4.21 Å². The Morgan fingerprint density at radius 2 is 2.36 bits per heavy atom. The smallest absolute Gasteiger partial charge is 0.0699 e. The summed E-state index contributed by atoms with van der Waals surface area (Å²) in [4.78, 5) is 0. The van der Waals surface area contributed by atoms with Crippen LogP contribution in [-0.4, -0.2) is 42.0 Å². The fourth-order valence-electron chi connectivity index (χ4n) is 1.63. The number of ether oxygens (including phenoxy) is 1. The van der Waals surface area contributed by atoms with E-state index in [9.17, 15) is 4.21 Å². The van der Waals surface area contributed by atoms with Crippen LogP contribution in [0.2, 0.25) is 0 Å². The van der Waals surface area contributed by atoms with E-state index >= 15 is 0 Å². The third-order valence-electron chi connectivity index (χ3n) is 2.43. The molecule has 0 bridgehead atoms. The maximum atomic E-state index is 10.8. The summed E-state index contributed by atoms with van der Waals surface area (Å²) in [5.41, 5.74) is 0. The first-order valence-electron chi connectivity index (χ1n) is 5.41. The summed E-state index contributed by atoms with van der Waals surface area (Å²) in [6.45, 7) is 2.83. The second kappa shape index (κ2) is 7.37. The quantitative estimate of drug-likeness (QED) is 0.675. The molecule has 0 saturated carbocycles. The van der Waals surface area contributed by atoms with E-state index in [1.807, 2.05) is 0 Å². The van der Waals surface area contributed by atoms with Crippen molar-refractivity contribution in [2.24, 2.45) is 0 Å². The number of rotatable bonds is 6. The van der Waals surface area contributed by atoms with E-state index in [1.165, 1.54) is 19.3 Å². The first kappa shape index (κ1) is 12.1. The molecule has 1 aliphatic rings. The van der Waals surface area contributed by atoms with Gasteiger partial charge in [0.25, 0.3) is 0 Å². The maximum absolute atomic E-state index is 10.8. The average molecular weight is 219 g/mol. The van der Waals surface area contributed by atoms with E-state index in [2.05, 4.69) is 5.32 Å². The predicted molar refractivity (Wildman–Crippen MR) is 60.0 cm³/mol. The van der Waals surface area contributed by atoms with Crippen molar-refractivity contribution >= 4 is 10.8 Å². The first-order valence-corrected chi connectivity index (χ1v) is 7.14. The highest BCUT2D eigenvalue weighted by atomic mass is 32.2. The minimum absolute atomic E-state index is 0.413. The highest BCUT2D eigenvalue weighted by Gasteiger charge is 2.12. The van der Waals surface area contributed by atoms with Crippen molar-refractivity contribution in [2.75, 3.05) is 31.7 Å². The van der Waals surface area contributed by atoms with Crippen molar-refractivity contribution in [3.63, 3.8) is 0 Å². The van der Waals surface area contributed by atoms with Gasteiger partial charge in [0.1, 0.15) is 0 Å². The molecule has 0 radical (unpaired) electrons. The molecule has 2 unspecified atom stereocenters. The highest BCUT2D eigenvalue weighted by Crippen LogP contribution is 2.11. The fourth-order valence-corrected chi connectivity index (χ4v) is 2.18. The third-order valence-corrected chi connectivity index (χ3v) is 3.29. The molecular weight excluding hydrogens is 198 g/mol. The first-order chi connectivity index (χ1) is 6.79. The summed E-state index contributed by atoms with van der Waals surface area (Å²) < 4.78 is 16.4. The van der Waals surface area contributed by atoms with Crippen molar-refractivity contribution in [3.8, 4) is 0 Å².